The molecule has 2 aliphatic heterocycles. The summed E-state index contributed by atoms with van der Waals surface area (Å²) >= 11 is 0. The third-order valence-electron chi connectivity index (χ3n) is 4.84. The van der Waals surface area contributed by atoms with Crippen LogP contribution in [0, 0.1) is 0 Å². The number of hydrogen-bond donors (Lipinski definition) is 3. The molecule has 0 fully saturated rings. The van der Waals surface area contributed by atoms with Crippen molar-refractivity contribution in [2.24, 2.45) is 0 Å². The zero-order valence-electron chi connectivity index (χ0n) is 16.2. The second-order valence-corrected chi connectivity index (χ2v) is 6.98. The largest absolute Gasteiger partial charge is 0.508 e. The van der Waals surface area contributed by atoms with E-state index in [-0.39, 0.29) is 30.8 Å². The van der Waals surface area contributed by atoms with Gasteiger partial charge in [-0.2, -0.15) is 0 Å². The number of aromatic hydroxyl groups is 1. The molecule has 2 atom stereocenters. The molecule has 2 aliphatic rings. The summed E-state index contributed by atoms with van der Waals surface area (Å²) in [4.78, 5) is 12.8. The van der Waals surface area contributed by atoms with Crippen molar-refractivity contribution in [3.05, 3.63) is 59.9 Å². The Hall–Kier alpha value is -3.23. The molecule has 0 bridgehead atoms. The van der Waals surface area contributed by atoms with Crippen LogP contribution in [-0.4, -0.2) is 42.4 Å². The number of ether oxygens (including phenoxy) is 4. The fraction of sp³-hybridized carbons (Fsp3) is 0.318. The van der Waals surface area contributed by atoms with Gasteiger partial charge in [-0.25, -0.2) is 0 Å². The van der Waals surface area contributed by atoms with Gasteiger partial charge in [-0.15, -0.1) is 0 Å². The number of phenols is 1. The average molecular weight is 413 g/mol. The summed E-state index contributed by atoms with van der Waals surface area (Å²) in [6, 6.07) is 11.8. The Morgan fingerprint density at radius 1 is 1.13 bits per heavy atom. The summed E-state index contributed by atoms with van der Waals surface area (Å²) < 4.78 is 22.3. The molecule has 3 N–H and O–H groups in total. The van der Waals surface area contributed by atoms with Crippen LogP contribution in [0.2, 0.25) is 0 Å². The number of aliphatic hydroxyl groups excluding tert-OH is 1. The minimum Gasteiger partial charge on any atom is -0.508 e. The smallest absolute Gasteiger partial charge is 0.290 e. The summed E-state index contributed by atoms with van der Waals surface area (Å²) in [5.41, 5.74) is 1.48. The minimum atomic E-state index is -0.627. The molecule has 1 amide bonds. The van der Waals surface area contributed by atoms with Crippen molar-refractivity contribution in [1.82, 2.24) is 0 Å². The molecule has 8 nitrogen and oxygen atoms in total. The van der Waals surface area contributed by atoms with E-state index in [9.17, 15) is 9.90 Å². The highest BCUT2D eigenvalue weighted by Crippen LogP contribution is 2.38. The van der Waals surface area contributed by atoms with Crippen LogP contribution in [0.3, 0.4) is 0 Å². The lowest BCUT2D eigenvalue weighted by Gasteiger charge is -2.29. The van der Waals surface area contributed by atoms with E-state index in [2.05, 4.69) is 5.32 Å². The van der Waals surface area contributed by atoms with Crippen LogP contribution in [0.5, 0.6) is 17.2 Å². The Labute approximate surface area is 173 Å². The molecule has 0 unspecified atom stereocenters. The molecule has 2 aromatic carbocycles. The number of anilines is 1. The van der Waals surface area contributed by atoms with Gasteiger partial charge in [0, 0.05) is 24.6 Å². The van der Waals surface area contributed by atoms with Crippen LogP contribution in [0.25, 0.3) is 0 Å². The van der Waals surface area contributed by atoms with Crippen molar-refractivity contribution in [1.29, 1.82) is 0 Å². The van der Waals surface area contributed by atoms with E-state index in [4.69, 9.17) is 24.1 Å². The number of carbonyl (C=O) groups is 1. The SMILES string of the molecule is O=C(Nc1ccc(O)cc1)C1=C[C@H](c2ccc3c(c2)OCO3)C[C@H](OCCCO)O1. The predicted molar refractivity (Wildman–Crippen MR) is 107 cm³/mol. The summed E-state index contributed by atoms with van der Waals surface area (Å²) in [7, 11) is 0. The van der Waals surface area contributed by atoms with E-state index in [1.54, 1.807) is 18.2 Å². The molecule has 30 heavy (non-hydrogen) atoms. The maximum atomic E-state index is 12.8. The Bertz CT molecular complexity index is 926. The van der Waals surface area contributed by atoms with Gasteiger partial charge in [0.1, 0.15) is 5.75 Å². The molecule has 2 heterocycles. The first-order valence-corrected chi connectivity index (χ1v) is 9.73. The van der Waals surface area contributed by atoms with E-state index in [1.165, 1.54) is 12.1 Å². The van der Waals surface area contributed by atoms with Crippen LogP contribution >= 0.6 is 0 Å². The van der Waals surface area contributed by atoms with E-state index in [1.807, 2.05) is 18.2 Å². The van der Waals surface area contributed by atoms with Crippen molar-refractivity contribution in [3.8, 4) is 17.2 Å². The van der Waals surface area contributed by atoms with Crippen LogP contribution in [0.4, 0.5) is 5.69 Å². The molecular weight excluding hydrogens is 390 g/mol. The second kappa shape index (κ2) is 9.06. The van der Waals surface area contributed by atoms with E-state index < -0.39 is 12.2 Å². The Balaban J connectivity index is 1.54. The summed E-state index contributed by atoms with van der Waals surface area (Å²) in [5, 5.41) is 21.2. The normalized spacial score (nSPS) is 19.7. The first kappa shape index (κ1) is 20.1. The fourth-order valence-electron chi connectivity index (χ4n) is 3.31. The molecule has 158 valence electrons. The van der Waals surface area contributed by atoms with Gasteiger partial charge in [0.2, 0.25) is 13.1 Å². The van der Waals surface area contributed by atoms with E-state index >= 15 is 0 Å². The zero-order valence-corrected chi connectivity index (χ0v) is 16.2. The molecule has 0 aliphatic carbocycles. The number of rotatable bonds is 7. The van der Waals surface area contributed by atoms with Gasteiger partial charge in [0.15, 0.2) is 17.3 Å². The molecule has 8 heteroatoms. The number of hydrogen-bond acceptors (Lipinski definition) is 7. The molecule has 0 spiro atoms. The highest BCUT2D eigenvalue weighted by atomic mass is 16.7. The van der Waals surface area contributed by atoms with Crippen LogP contribution in [0.15, 0.2) is 54.3 Å². The van der Waals surface area contributed by atoms with Crippen molar-refractivity contribution in [2.45, 2.75) is 25.0 Å². The van der Waals surface area contributed by atoms with Crippen LogP contribution in [-0.2, 0) is 14.3 Å². The van der Waals surface area contributed by atoms with Gasteiger partial charge in [-0.05, 0) is 54.5 Å². The van der Waals surface area contributed by atoms with Crippen LogP contribution < -0.4 is 14.8 Å². The van der Waals surface area contributed by atoms with E-state index in [0.717, 1.165) is 5.56 Å². The first-order chi connectivity index (χ1) is 14.6. The Morgan fingerprint density at radius 2 is 1.93 bits per heavy atom. The highest BCUT2D eigenvalue weighted by Gasteiger charge is 2.29. The van der Waals surface area contributed by atoms with Gasteiger partial charge < -0.3 is 34.5 Å². The molecule has 4 rings (SSSR count). The number of amides is 1. The van der Waals surface area contributed by atoms with Gasteiger partial charge >= 0.3 is 0 Å². The monoisotopic (exact) mass is 413 g/mol. The lowest BCUT2D eigenvalue weighted by atomic mass is 9.92. The molecule has 0 radical (unpaired) electrons. The number of carbonyl (C=O) groups excluding carboxylic acids is 1. The number of aliphatic hydroxyl groups is 1. The fourth-order valence-corrected chi connectivity index (χ4v) is 3.31. The van der Waals surface area contributed by atoms with Crippen molar-refractivity contribution < 1.29 is 34.0 Å². The van der Waals surface area contributed by atoms with Gasteiger partial charge in [-0.1, -0.05) is 6.07 Å². The number of fused-ring (bicyclic) bond motifs is 1. The third kappa shape index (κ3) is 4.67. The lowest BCUT2D eigenvalue weighted by molar-refractivity contribution is -0.144. The third-order valence-corrected chi connectivity index (χ3v) is 4.84. The standard InChI is InChI=1S/C22H23NO7/c24-8-1-9-27-21-12-15(14-2-7-18-19(10-14)29-13-28-18)11-20(30-21)22(26)23-16-3-5-17(25)6-4-16/h2-7,10-11,15,21,24-25H,1,8-9,12-13H2,(H,23,26)/t15-,21+/m0/s1. The number of benzene rings is 2. The molecular formula is C22H23NO7. The lowest BCUT2D eigenvalue weighted by Crippen LogP contribution is -2.29. The number of allylic oxidation sites excluding steroid dienone is 1. The Kier molecular flexibility index (Phi) is 6.06. The topological polar surface area (TPSA) is 106 Å². The number of nitrogens with one attached hydrogen (secondary N) is 1. The second-order valence-electron chi connectivity index (χ2n) is 6.98. The summed E-state index contributed by atoms with van der Waals surface area (Å²) in [6.45, 7) is 0.528. The predicted octanol–water partition coefficient (Wildman–Crippen LogP) is 2.87. The Morgan fingerprint density at radius 3 is 2.73 bits per heavy atom. The maximum Gasteiger partial charge on any atom is 0.290 e. The zero-order chi connectivity index (χ0) is 20.9. The van der Waals surface area contributed by atoms with Gasteiger partial charge in [0.05, 0.1) is 6.61 Å². The van der Waals surface area contributed by atoms with Crippen molar-refractivity contribution in [3.63, 3.8) is 0 Å². The highest BCUT2D eigenvalue weighted by molar-refractivity contribution is 6.02. The first-order valence-electron chi connectivity index (χ1n) is 9.73. The van der Waals surface area contributed by atoms with E-state index in [0.29, 0.717) is 36.6 Å². The summed E-state index contributed by atoms with van der Waals surface area (Å²) in [5.74, 6) is 1.07. The van der Waals surface area contributed by atoms with Gasteiger partial charge in [-0.3, -0.25) is 4.79 Å². The maximum absolute atomic E-state index is 12.8. The van der Waals surface area contributed by atoms with Gasteiger partial charge in [0.25, 0.3) is 5.91 Å². The average Bonchev–Trinajstić information content (AvgIpc) is 3.23. The minimum absolute atomic E-state index is 0.0162. The number of phenolic OH excluding ortho intramolecular Hbond substituents is 1. The molecule has 0 aromatic heterocycles. The molecule has 0 saturated carbocycles. The quantitative estimate of drug-likeness (QED) is 0.473. The van der Waals surface area contributed by atoms with Crippen LogP contribution in [0.1, 0.15) is 24.3 Å². The summed E-state index contributed by atoms with van der Waals surface area (Å²) in [6.07, 6.45) is 2.13. The molecule has 0 saturated heterocycles. The molecule has 2 aromatic rings. The van der Waals surface area contributed by atoms with Crippen molar-refractivity contribution in [2.75, 3.05) is 25.3 Å². The van der Waals surface area contributed by atoms with Crippen molar-refractivity contribution >= 4 is 11.6 Å².